The number of amides is 2. The van der Waals surface area contributed by atoms with Crippen molar-refractivity contribution in [1.82, 2.24) is 10.9 Å². The van der Waals surface area contributed by atoms with Crippen molar-refractivity contribution >= 4 is 23.2 Å². The van der Waals surface area contributed by atoms with Crippen LogP contribution >= 0.6 is 0 Å². The lowest BCUT2D eigenvalue weighted by molar-refractivity contribution is 0.0943. The molecule has 6 nitrogen and oxygen atoms in total. The third-order valence-electron chi connectivity index (χ3n) is 4.93. The molecule has 3 aromatic rings. The zero-order valence-corrected chi connectivity index (χ0v) is 18.6. The number of carbonyl (C=O) groups is 2. The van der Waals surface area contributed by atoms with Gasteiger partial charge in [0.1, 0.15) is 0 Å². The number of nitrogens with zero attached hydrogens (tertiary/aromatic N) is 2. The first kappa shape index (κ1) is 22.6. The summed E-state index contributed by atoms with van der Waals surface area (Å²) in [5.74, 6) is -0.699. The molecular formula is C26H26N4O2. The maximum Gasteiger partial charge on any atom is 0.271 e. The predicted molar refractivity (Wildman–Crippen MR) is 128 cm³/mol. The van der Waals surface area contributed by atoms with Crippen LogP contribution in [0.1, 0.15) is 56.8 Å². The van der Waals surface area contributed by atoms with Crippen molar-refractivity contribution in [3.63, 3.8) is 0 Å². The molecule has 0 fully saturated rings. The Morgan fingerprint density at radius 1 is 0.594 bits per heavy atom. The monoisotopic (exact) mass is 426 g/mol. The van der Waals surface area contributed by atoms with Crippen molar-refractivity contribution in [3.05, 3.63) is 106 Å². The molecule has 0 unspecified atom stereocenters. The van der Waals surface area contributed by atoms with Gasteiger partial charge in [0.25, 0.3) is 11.8 Å². The summed E-state index contributed by atoms with van der Waals surface area (Å²) in [5, 5.41) is 8.35. The van der Waals surface area contributed by atoms with Crippen LogP contribution in [-0.2, 0) is 0 Å². The van der Waals surface area contributed by atoms with Crippen LogP contribution < -0.4 is 10.9 Å². The molecule has 6 heteroatoms. The van der Waals surface area contributed by atoms with E-state index in [4.69, 9.17) is 0 Å². The Balaban J connectivity index is 1.61. The Hall–Kier alpha value is -4.06. The number of hydrogen-bond acceptors (Lipinski definition) is 4. The average molecular weight is 427 g/mol. The lowest BCUT2D eigenvalue weighted by Gasteiger charge is -2.06. The van der Waals surface area contributed by atoms with Crippen LogP contribution in [-0.4, -0.2) is 23.2 Å². The van der Waals surface area contributed by atoms with Gasteiger partial charge in [-0.25, -0.2) is 10.9 Å². The van der Waals surface area contributed by atoms with Crippen molar-refractivity contribution < 1.29 is 9.59 Å². The van der Waals surface area contributed by atoms with Gasteiger partial charge < -0.3 is 0 Å². The third-order valence-corrected chi connectivity index (χ3v) is 4.93. The van der Waals surface area contributed by atoms with Crippen molar-refractivity contribution in [2.24, 2.45) is 10.2 Å². The Morgan fingerprint density at radius 3 is 1.31 bits per heavy atom. The molecule has 0 heterocycles. The van der Waals surface area contributed by atoms with E-state index in [1.54, 1.807) is 24.3 Å². The summed E-state index contributed by atoms with van der Waals surface area (Å²) in [6.07, 6.45) is 0. The molecule has 32 heavy (non-hydrogen) atoms. The first-order valence-electron chi connectivity index (χ1n) is 10.3. The summed E-state index contributed by atoms with van der Waals surface area (Å²) in [4.78, 5) is 24.8. The number of benzene rings is 3. The second kappa shape index (κ2) is 10.3. The quantitative estimate of drug-likeness (QED) is 0.446. The predicted octanol–water partition coefficient (Wildman–Crippen LogP) is 4.61. The second-order valence-corrected chi connectivity index (χ2v) is 7.59. The van der Waals surface area contributed by atoms with Gasteiger partial charge in [0.2, 0.25) is 0 Å². The highest BCUT2D eigenvalue weighted by molar-refractivity contribution is 6.02. The Kier molecular flexibility index (Phi) is 7.29. The first-order chi connectivity index (χ1) is 15.3. The van der Waals surface area contributed by atoms with E-state index in [1.807, 2.05) is 76.2 Å². The minimum absolute atomic E-state index is 0.350. The molecule has 0 atom stereocenters. The summed E-state index contributed by atoms with van der Waals surface area (Å²) >= 11 is 0. The van der Waals surface area contributed by atoms with E-state index < -0.39 is 0 Å². The summed E-state index contributed by atoms with van der Waals surface area (Å²) in [6, 6.07) is 22.1. The van der Waals surface area contributed by atoms with Gasteiger partial charge >= 0.3 is 0 Å². The van der Waals surface area contributed by atoms with Crippen LogP contribution in [0.5, 0.6) is 0 Å². The molecule has 2 amide bonds. The zero-order chi connectivity index (χ0) is 23.1. The van der Waals surface area contributed by atoms with Crippen LogP contribution in [0, 0.1) is 13.8 Å². The molecule has 0 aromatic heterocycles. The van der Waals surface area contributed by atoms with Crippen molar-refractivity contribution in [2.75, 3.05) is 0 Å². The average Bonchev–Trinajstić information content (AvgIpc) is 2.80. The maximum absolute atomic E-state index is 12.4. The number of nitrogens with one attached hydrogen (secondary N) is 2. The fraction of sp³-hybridized carbons (Fsp3) is 0.154. The van der Waals surface area contributed by atoms with E-state index >= 15 is 0 Å². The molecule has 3 rings (SSSR count). The lowest BCUT2D eigenvalue weighted by Crippen LogP contribution is -2.21. The highest BCUT2D eigenvalue weighted by atomic mass is 16.2. The highest BCUT2D eigenvalue weighted by Crippen LogP contribution is 2.08. The van der Waals surface area contributed by atoms with Crippen LogP contribution in [0.3, 0.4) is 0 Å². The Bertz CT molecular complexity index is 1100. The van der Waals surface area contributed by atoms with E-state index in [0.717, 1.165) is 22.3 Å². The Labute approximate surface area is 188 Å². The molecule has 0 aliphatic heterocycles. The van der Waals surface area contributed by atoms with E-state index in [-0.39, 0.29) is 11.8 Å². The van der Waals surface area contributed by atoms with Crippen LogP contribution in [0.4, 0.5) is 0 Å². The fourth-order valence-electron chi connectivity index (χ4n) is 3.04. The minimum Gasteiger partial charge on any atom is -0.267 e. The molecule has 0 aliphatic carbocycles. The van der Waals surface area contributed by atoms with Crippen molar-refractivity contribution in [3.8, 4) is 0 Å². The SMILES string of the molecule is CC(=NNC(=O)c1ccc(C(=O)NN=C(C)c2cccc(C)c2)cc1)c1cccc(C)c1. The summed E-state index contributed by atoms with van der Waals surface area (Å²) in [7, 11) is 0. The van der Waals surface area contributed by atoms with E-state index in [9.17, 15) is 9.59 Å². The fourth-order valence-corrected chi connectivity index (χ4v) is 3.04. The Morgan fingerprint density at radius 2 is 0.969 bits per heavy atom. The van der Waals surface area contributed by atoms with Gasteiger partial charge in [-0.05, 0) is 63.1 Å². The van der Waals surface area contributed by atoms with Gasteiger partial charge in [0.15, 0.2) is 0 Å². The molecule has 0 aliphatic rings. The number of hydrazone groups is 2. The van der Waals surface area contributed by atoms with Gasteiger partial charge in [-0.15, -0.1) is 0 Å². The normalized spacial score (nSPS) is 11.8. The largest absolute Gasteiger partial charge is 0.271 e. The molecule has 0 spiro atoms. The van der Waals surface area contributed by atoms with Crippen molar-refractivity contribution in [1.29, 1.82) is 0 Å². The summed E-state index contributed by atoms with van der Waals surface area (Å²) in [5.41, 5.74) is 11.5. The highest BCUT2D eigenvalue weighted by Gasteiger charge is 2.09. The molecular weight excluding hydrogens is 400 g/mol. The van der Waals surface area contributed by atoms with Gasteiger partial charge in [0.05, 0.1) is 11.4 Å². The zero-order valence-electron chi connectivity index (χ0n) is 18.6. The summed E-state index contributed by atoms with van der Waals surface area (Å²) < 4.78 is 0. The standard InChI is InChI=1S/C26H26N4O2/c1-17-7-5-9-23(15-17)19(3)27-29-25(31)21-11-13-22(14-12-21)26(32)30-28-20(4)24-10-6-8-18(2)16-24/h5-16H,1-4H3,(H,29,31)(H,30,32). The number of rotatable bonds is 6. The number of aryl methyl sites for hydroxylation is 2. The van der Waals surface area contributed by atoms with Gasteiger partial charge in [0, 0.05) is 11.1 Å². The van der Waals surface area contributed by atoms with E-state index in [0.29, 0.717) is 22.6 Å². The molecule has 0 saturated carbocycles. The van der Waals surface area contributed by atoms with E-state index in [2.05, 4.69) is 21.1 Å². The van der Waals surface area contributed by atoms with Crippen LogP contribution in [0.15, 0.2) is 83.0 Å². The number of carbonyl (C=O) groups excluding carboxylic acids is 2. The van der Waals surface area contributed by atoms with E-state index in [1.165, 1.54) is 0 Å². The smallest absolute Gasteiger partial charge is 0.267 e. The molecule has 3 aromatic carbocycles. The van der Waals surface area contributed by atoms with Crippen molar-refractivity contribution in [2.45, 2.75) is 27.7 Å². The van der Waals surface area contributed by atoms with Gasteiger partial charge in [-0.1, -0.05) is 59.7 Å². The third kappa shape index (κ3) is 5.98. The second-order valence-electron chi connectivity index (χ2n) is 7.59. The van der Waals surface area contributed by atoms with Crippen LogP contribution in [0.25, 0.3) is 0 Å². The van der Waals surface area contributed by atoms with Crippen LogP contribution in [0.2, 0.25) is 0 Å². The topological polar surface area (TPSA) is 82.9 Å². The lowest BCUT2D eigenvalue weighted by atomic mass is 10.1. The maximum atomic E-state index is 12.4. The minimum atomic E-state index is -0.350. The summed E-state index contributed by atoms with van der Waals surface area (Å²) in [6.45, 7) is 7.67. The molecule has 162 valence electrons. The molecule has 0 bridgehead atoms. The first-order valence-corrected chi connectivity index (χ1v) is 10.3. The molecule has 0 saturated heterocycles. The van der Waals surface area contributed by atoms with Gasteiger partial charge in [-0.3, -0.25) is 9.59 Å². The molecule has 0 radical (unpaired) electrons. The van der Waals surface area contributed by atoms with Gasteiger partial charge in [-0.2, -0.15) is 10.2 Å². The molecule has 2 N–H and O–H groups in total. The number of hydrogen-bond donors (Lipinski definition) is 2.